The number of carbonyl (C=O) groups is 2. The summed E-state index contributed by atoms with van der Waals surface area (Å²) in [5.74, 6) is -0.0387. The molecule has 2 aromatic rings. The molecule has 0 spiro atoms. The fourth-order valence-corrected chi connectivity index (χ4v) is 4.13. The number of fused-ring (bicyclic) bond motifs is 1. The predicted octanol–water partition coefficient (Wildman–Crippen LogP) is 4.46. The second-order valence-corrected chi connectivity index (χ2v) is 8.27. The van der Waals surface area contributed by atoms with Gasteiger partial charge in [0.2, 0.25) is 11.8 Å². The van der Waals surface area contributed by atoms with E-state index in [1.807, 2.05) is 56.3 Å². The van der Waals surface area contributed by atoms with Crippen molar-refractivity contribution in [1.29, 1.82) is 0 Å². The van der Waals surface area contributed by atoms with Gasteiger partial charge in [-0.1, -0.05) is 72.2 Å². The number of hydrogen-bond acceptors (Lipinski definition) is 2. The summed E-state index contributed by atoms with van der Waals surface area (Å²) < 4.78 is 1.08. The maximum atomic E-state index is 13.1. The summed E-state index contributed by atoms with van der Waals surface area (Å²) in [5.41, 5.74) is 3.19. The van der Waals surface area contributed by atoms with Gasteiger partial charge in [-0.3, -0.25) is 9.59 Å². The van der Waals surface area contributed by atoms with Crippen molar-refractivity contribution in [3.8, 4) is 0 Å². The van der Waals surface area contributed by atoms with Crippen molar-refractivity contribution < 1.29 is 9.59 Å². The number of carbonyl (C=O) groups excluding carboxylic acids is 2. The Labute approximate surface area is 168 Å². The molecule has 4 nitrogen and oxygen atoms in total. The molecule has 0 fully saturated rings. The molecule has 3 rings (SSSR count). The molecule has 1 aliphatic carbocycles. The van der Waals surface area contributed by atoms with E-state index in [0.717, 1.165) is 28.4 Å². The first-order chi connectivity index (χ1) is 13.0. The highest BCUT2D eigenvalue weighted by Crippen LogP contribution is 2.35. The van der Waals surface area contributed by atoms with Gasteiger partial charge in [0, 0.05) is 10.9 Å². The minimum Gasteiger partial charge on any atom is -0.347 e. The van der Waals surface area contributed by atoms with Crippen molar-refractivity contribution in [1.82, 2.24) is 10.6 Å². The molecule has 0 radical (unpaired) electrons. The smallest absolute Gasteiger partial charge is 0.247 e. The maximum Gasteiger partial charge on any atom is 0.247 e. The second-order valence-electron chi connectivity index (χ2n) is 7.42. The third-order valence-electron chi connectivity index (χ3n) is 4.82. The van der Waals surface area contributed by atoms with E-state index in [2.05, 4.69) is 32.6 Å². The van der Waals surface area contributed by atoms with Gasteiger partial charge >= 0.3 is 0 Å². The average molecular weight is 429 g/mol. The van der Waals surface area contributed by atoms with Crippen molar-refractivity contribution in [3.63, 3.8) is 0 Å². The minimum atomic E-state index is -0.686. The van der Waals surface area contributed by atoms with Gasteiger partial charge in [-0.15, -0.1) is 0 Å². The molecule has 142 valence electrons. The highest BCUT2D eigenvalue weighted by atomic mass is 79.9. The Morgan fingerprint density at radius 1 is 1.11 bits per heavy atom. The van der Waals surface area contributed by atoms with Crippen molar-refractivity contribution >= 4 is 27.7 Å². The van der Waals surface area contributed by atoms with Gasteiger partial charge in [0.1, 0.15) is 6.04 Å². The van der Waals surface area contributed by atoms with E-state index >= 15 is 0 Å². The normalized spacial score (nSPS) is 16.7. The largest absolute Gasteiger partial charge is 0.347 e. The van der Waals surface area contributed by atoms with Crippen LogP contribution in [0, 0.1) is 5.92 Å². The number of rotatable bonds is 6. The predicted molar refractivity (Wildman–Crippen MR) is 110 cm³/mol. The van der Waals surface area contributed by atoms with Gasteiger partial charge in [0.25, 0.3) is 0 Å². The van der Waals surface area contributed by atoms with Crippen LogP contribution < -0.4 is 10.6 Å². The second kappa shape index (κ2) is 8.70. The summed E-state index contributed by atoms with van der Waals surface area (Å²) in [6, 6.07) is 14.8. The molecule has 2 atom stereocenters. The summed E-state index contributed by atoms with van der Waals surface area (Å²) >= 11 is 3.59. The number of halogens is 1. The van der Waals surface area contributed by atoms with E-state index in [9.17, 15) is 9.59 Å². The van der Waals surface area contributed by atoms with Crippen LogP contribution >= 0.6 is 15.9 Å². The van der Waals surface area contributed by atoms with Gasteiger partial charge < -0.3 is 10.6 Å². The van der Waals surface area contributed by atoms with Crippen LogP contribution in [0.1, 0.15) is 55.5 Å². The summed E-state index contributed by atoms with van der Waals surface area (Å²) in [6.45, 7) is 3.98. The molecule has 2 unspecified atom stereocenters. The van der Waals surface area contributed by atoms with Gasteiger partial charge in [-0.25, -0.2) is 0 Å². The van der Waals surface area contributed by atoms with Crippen LogP contribution in [0.25, 0.3) is 0 Å². The zero-order valence-electron chi connectivity index (χ0n) is 15.7. The number of amides is 2. The van der Waals surface area contributed by atoms with Crippen LogP contribution in [-0.2, 0) is 16.0 Å². The summed E-state index contributed by atoms with van der Waals surface area (Å²) in [5, 5.41) is 6.06. The van der Waals surface area contributed by atoms with Crippen LogP contribution in [0.4, 0.5) is 0 Å². The SMILES string of the molecule is CC(C)CC(=O)NC(C(=O)NC1CCc2c(Br)cccc21)c1ccccc1. The Bertz CT molecular complexity index is 820. The van der Waals surface area contributed by atoms with Crippen molar-refractivity contribution in [2.45, 2.75) is 45.2 Å². The lowest BCUT2D eigenvalue weighted by atomic mass is 10.0. The van der Waals surface area contributed by atoms with E-state index < -0.39 is 6.04 Å². The topological polar surface area (TPSA) is 58.2 Å². The minimum absolute atomic E-state index is 0.0294. The lowest BCUT2D eigenvalue weighted by Gasteiger charge is -2.22. The molecule has 27 heavy (non-hydrogen) atoms. The lowest BCUT2D eigenvalue weighted by Crippen LogP contribution is -2.41. The molecule has 1 aliphatic rings. The summed E-state index contributed by atoms with van der Waals surface area (Å²) in [6.07, 6.45) is 2.19. The highest BCUT2D eigenvalue weighted by Gasteiger charge is 2.29. The van der Waals surface area contributed by atoms with E-state index in [-0.39, 0.29) is 23.8 Å². The summed E-state index contributed by atoms with van der Waals surface area (Å²) in [7, 11) is 0. The van der Waals surface area contributed by atoms with E-state index in [0.29, 0.717) is 6.42 Å². The first kappa shape index (κ1) is 19.6. The molecule has 5 heteroatoms. The van der Waals surface area contributed by atoms with Crippen LogP contribution in [0.5, 0.6) is 0 Å². The monoisotopic (exact) mass is 428 g/mol. The Morgan fingerprint density at radius 2 is 1.85 bits per heavy atom. The average Bonchev–Trinajstić information content (AvgIpc) is 3.04. The van der Waals surface area contributed by atoms with E-state index in [1.165, 1.54) is 5.56 Å². The number of benzene rings is 2. The van der Waals surface area contributed by atoms with E-state index in [4.69, 9.17) is 0 Å². The maximum absolute atomic E-state index is 13.1. The van der Waals surface area contributed by atoms with Crippen LogP contribution in [-0.4, -0.2) is 11.8 Å². The molecule has 2 aromatic carbocycles. The molecule has 0 heterocycles. The fourth-order valence-electron chi connectivity index (χ4n) is 3.55. The molecule has 0 bridgehead atoms. The Hall–Kier alpha value is -2.14. The summed E-state index contributed by atoms with van der Waals surface area (Å²) in [4.78, 5) is 25.4. The third-order valence-corrected chi connectivity index (χ3v) is 5.57. The van der Waals surface area contributed by atoms with Gasteiger partial charge in [0.05, 0.1) is 6.04 Å². The Morgan fingerprint density at radius 3 is 2.56 bits per heavy atom. The van der Waals surface area contributed by atoms with E-state index in [1.54, 1.807) is 0 Å². The molecule has 0 saturated carbocycles. The third kappa shape index (κ3) is 4.78. The fraction of sp³-hybridized carbons (Fsp3) is 0.364. The zero-order valence-corrected chi connectivity index (χ0v) is 17.3. The zero-order chi connectivity index (χ0) is 19.4. The molecular formula is C22H25BrN2O2. The molecule has 0 aliphatic heterocycles. The van der Waals surface area contributed by atoms with Crippen molar-refractivity contribution in [2.24, 2.45) is 5.92 Å². The van der Waals surface area contributed by atoms with Crippen molar-refractivity contribution in [2.75, 3.05) is 0 Å². The molecule has 0 aromatic heterocycles. The molecule has 0 saturated heterocycles. The lowest BCUT2D eigenvalue weighted by molar-refractivity contribution is -0.130. The molecule has 2 N–H and O–H groups in total. The first-order valence-electron chi connectivity index (χ1n) is 9.37. The first-order valence-corrected chi connectivity index (χ1v) is 10.2. The standard InChI is InChI=1S/C22H25BrN2O2/c1-14(2)13-20(26)25-21(15-7-4-3-5-8-15)22(27)24-19-12-11-16-17(19)9-6-10-18(16)23/h3-10,14,19,21H,11-13H2,1-2H3,(H,24,27)(H,25,26). The molecule has 2 amide bonds. The van der Waals surface area contributed by atoms with Crippen molar-refractivity contribution in [3.05, 3.63) is 69.7 Å². The highest BCUT2D eigenvalue weighted by molar-refractivity contribution is 9.10. The molecular weight excluding hydrogens is 404 g/mol. The van der Waals surface area contributed by atoms with Crippen LogP contribution in [0.2, 0.25) is 0 Å². The van der Waals surface area contributed by atoms with Crippen LogP contribution in [0.15, 0.2) is 53.0 Å². The van der Waals surface area contributed by atoms with Gasteiger partial charge in [0.15, 0.2) is 0 Å². The van der Waals surface area contributed by atoms with Crippen LogP contribution in [0.3, 0.4) is 0 Å². The number of nitrogens with one attached hydrogen (secondary N) is 2. The van der Waals surface area contributed by atoms with Gasteiger partial charge in [-0.2, -0.15) is 0 Å². The quantitative estimate of drug-likeness (QED) is 0.713. The Kier molecular flexibility index (Phi) is 6.32. The number of hydrogen-bond donors (Lipinski definition) is 2. The Balaban J connectivity index is 1.78. The van der Waals surface area contributed by atoms with Gasteiger partial charge in [-0.05, 0) is 41.5 Å².